The summed E-state index contributed by atoms with van der Waals surface area (Å²) in [6.07, 6.45) is 3.58. The number of nitrogens with zero attached hydrogens (tertiary/aromatic N) is 2. The van der Waals surface area contributed by atoms with Crippen molar-refractivity contribution < 1.29 is 19.1 Å². The van der Waals surface area contributed by atoms with Gasteiger partial charge in [0, 0.05) is 12.7 Å². The van der Waals surface area contributed by atoms with Crippen molar-refractivity contribution >= 4 is 18.0 Å². The largest absolute Gasteiger partial charge is 0.444 e. The average molecular weight is 377 g/mol. The number of anilines is 1. The fourth-order valence-corrected chi connectivity index (χ4v) is 2.95. The summed E-state index contributed by atoms with van der Waals surface area (Å²) in [6.45, 7) is 11.6. The van der Waals surface area contributed by atoms with Crippen molar-refractivity contribution in [2.45, 2.75) is 78.0 Å². The summed E-state index contributed by atoms with van der Waals surface area (Å²) in [5.74, 6) is 0.400. The standard InChI is InChI=1S/C20H31N3O4/c1-19(2,3)26-17(24)22-16-13-14(10-11-21-16)15-9-7-8-12-23(15)18(25)27-20(4,5)6/h10-11,13,15H,7-9,12H2,1-6H3,(H,21,22,24)/t15-/m1/s1. The van der Waals surface area contributed by atoms with Crippen LogP contribution in [0.5, 0.6) is 0 Å². The Labute approximate surface area is 161 Å². The van der Waals surface area contributed by atoms with E-state index in [-0.39, 0.29) is 12.1 Å². The van der Waals surface area contributed by atoms with Crippen LogP contribution in [0.25, 0.3) is 0 Å². The lowest BCUT2D eigenvalue weighted by atomic mass is 9.96. The number of carbonyl (C=O) groups excluding carboxylic acids is 2. The lowest BCUT2D eigenvalue weighted by Gasteiger charge is -2.37. The topological polar surface area (TPSA) is 80.8 Å². The van der Waals surface area contributed by atoms with Crippen molar-refractivity contribution in [1.82, 2.24) is 9.88 Å². The van der Waals surface area contributed by atoms with Gasteiger partial charge in [-0.15, -0.1) is 0 Å². The molecule has 7 heteroatoms. The minimum absolute atomic E-state index is 0.101. The molecule has 1 fully saturated rings. The Balaban J connectivity index is 2.15. The van der Waals surface area contributed by atoms with Gasteiger partial charge in [-0.25, -0.2) is 14.6 Å². The maximum absolute atomic E-state index is 12.6. The monoisotopic (exact) mass is 377 g/mol. The van der Waals surface area contributed by atoms with Crippen LogP contribution in [0.1, 0.15) is 72.4 Å². The molecule has 0 spiro atoms. The Morgan fingerprint density at radius 2 is 1.78 bits per heavy atom. The second-order valence-electron chi connectivity index (χ2n) is 8.79. The third kappa shape index (κ3) is 6.73. The van der Waals surface area contributed by atoms with E-state index in [1.807, 2.05) is 26.8 Å². The number of amides is 2. The lowest BCUT2D eigenvalue weighted by Crippen LogP contribution is -2.41. The van der Waals surface area contributed by atoms with Crippen LogP contribution >= 0.6 is 0 Å². The van der Waals surface area contributed by atoms with Gasteiger partial charge in [-0.05, 0) is 78.5 Å². The highest BCUT2D eigenvalue weighted by molar-refractivity contribution is 5.83. The molecule has 0 bridgehead atoms. The van der Waals surface area contributed by atoms with Crippen LogP contribution in [0.2, 0.25) is 0 Å². The Morgan fingerprint density at radius 1 is 1.11 bits per heavy atom. The van der Waals surface area contributed by atoms with Crippen LogP contribution in [0.3, 0.4) is 0 Å². The van der Waals surface area contributed by atoms with E-state index in [1.54, 1.807) is 37.9 Å². The quantitative estimate of drug-likeness (QED) is 0.793. The van der Waals surface area contributed by atoms with Crippen molar-refractivity contribution in [2.75, 3.05) is 11.9 Å². The normalized spacial score (nSPS) is 18.0. The third-order valence-electron chi connectivity index (χ3n) is 3.93. The number of nitrogens with one attached hydrogen (secondary N) is 1. The second-order valence-corrected chi connectivity index (χ2v) is 8.79. The molecule has 0 radical (unpaired) electrons. The summed E-state index contributed by atoms with van der Waals surface area (Å²) in [5.41, 5.74) is -0.207. The van der Waals surface area contributed by atoms with E-state index in [4.69, 9.17) is 9.47 Å². The van der Waals surface area contributed by atoms with Gasteiger partial charge in [0.25, 0.3) is 0 Å². The first-order valence-electron chi connectivity index (χ1n) is 9.40. The van der Waals surface area contributed by atoms with Gasteiger partial charge in [-0.2, -0.15) is 0 Å². The molecule has 1 saturated heterocycles. The molecule has 27 heavy (non-hydrogen) atoms. The van der Waals surface area contributed by atoms with Gasteiger partial charge >= 0.3 is 12.2 Å². The van der Waals surface area contributed by atoms with Gasteiger partial charge in [0.2, 0.25) is 0 Å². The molecule has 0 aliphatic carbocycles. The van der Waals surface area contributed by atoms with Crippen LogP contribution in [-0.2, 0) is 9.47 Å². The maximum Gasteiger partial charge on any atom is 0.413 e. The fraction of sp³-hybridized carbons (Fsp3) is 0.650. The molecule has 0 aromatic carbocycles. The summed E-state index contributed by atoms with van der Waals surface area (Å²) in [4.78, 5) is 30.6. The number of carbonyl (C=O) groups is 2. The smallest absolute Gasteiger partial charge is 0.413 e. The van der Waals surface area contributed by atoms with Gasteiger partial charge in [0.1, 0.15) is 17.0 Å². The first kappa shape index (κ1) is 21.0. The van der Waals surface area contributed by atoms with Crippen LogP contribution in [0.4, 0.5) is 15.4 Å². The van der Waals surface area contributed by atoms with Gasteiger partial charge in [-0.1, -0.05) is 0 Å². The molecule has 2 heterocycles. The van der Waals surface area contributed by atoms with E-state index < -0.39 is 17.3 Å². The SMILES string of the molecule is CC(C)(C)OC(=O)Nc1cc([C@H]2CCCCN2C(=O)OC(C)(C)C)ccn1. The zero-order chi connectivity index (χ0) is 20.2. The van der Waals surface area contributed by atoms with Crippen LogP contribution in [-0.4, -0.2) is 39.8 Å². The van der Waals surface area contributed by atoms with E-state index in [0.717, 1.165) is 24.8 Å². The first-order valence-corrected chi connectivity index (χ1v) is 9.40. The van der Waals surface area contributed by atoms with Crippen molar-refractivity contribution in [3.05, 3.63) is 23.9 Å². The molecule has 2 amide bonds. The van der Waals surface area contributed by atoms with E-state index in [1.165, 1.54) is 0 Å². The molecule has 2 rings (SSSR count). The zero-order valence-corrected chi connectivity index (χ0v) is 17.2. The highest BCUT2D eigenvalue weighted by Gasteiger charge is 2.31. The average Bonchev–Trinajstić information content (AvgIpc) is 2.51. The minimum atomic E-state index is -0.585. The molecule has 1 aromatic heterocycles. The highest BCUT2D eigenvalue weighted by atomic mass is 16.6. The predicted octanol–water partition coefficient (Wildman–Crippen LogP) is 4.89. The molecular weight excluding hydrogens is 346 g/mol. The van der Waals surface area contributed by atoms with Crippen LogP contribution < -0.4 is 5.32 Å². The molecule has 150 valence electrons. The third-order valence-corrected chi connectivity index (χ3v) is 3.93. The summed E-state index contributed by atoms with van der Waals surface area (Å²) in [6, 6.07) is 3.56. The molecule has 0 saturated carbocycles. The lowest BCUT2D eigenvalue weighted by molar-refractivity contribution is 0.00947. The van der Waals surface area contributed by atoms with Gasteiger partial charge < -0.3 is 14.4 Å². The summed E-state index contributed by atoms with van der Waals surface area (Å²) in [5, 5.41) is 2.65. The van der Waals surface area contributed by atoms with Gasteiger partial charge in [0.05, 0.1) is 6.04 Å². The summed E-state index contributed by atoms with van der Waals surface area (Å²) >= 11 is 0. The molecule has 7 nitrogen and oxygen atoms in total. The van der Waals surface area contributed by atoms with Crippen molar-refractivity contribution in [3.8, 4) is 0 Å². The van der Waals surface area contributed by atoms with Gasteiger partial charge in [0.15, 0.2) is 0 Å². The molecular formula is C20H31N3O4. The number of likely N-dealkylation sites (tertiary alicyclic amines) is 1. The summed E-state index contributed by atoms with van der Waals surface area (Å²) < 4.78 is 10.8. The first-order chi connectivity index (χ1) is 12.4. The number of rotatable bonds is 2. The molecule has 1 N–H and O–H groups in total. The zero-order valence-electron chi connectivity index (χ0n) is 17.2. The van der Waals surface area contributed by atoms with E-state index in [0.29, 0.717) is 12.4 Å². The maximum atomic E-state index is 12.6. The highest BCUT2D eigenvalue weighted by Crippen LogP contribution is 2.32. The number of pyridine rings is 1. The molecule has 1 atom stereocenters. The molecule has 1 aromatic rings. The number of piperidine rings is 1. The van der Waals surface area contributed by atoms with E-state index in [2.05, 4.69) is 10.3 Å². The van der Waals surface area contributed by atoms with Crippen LogP contribution in [0.15, 0.2) is 18.3 Å². The Hall–Kier alpha value is -2.31. The second kappa shape index (κ2) is 8.15. The molecule has 1 aliphatic rings. The van der Waals surface area contributed by atoms with Crippen molar-refractivity contribution in [2.24, 2.45) is 0 Å². The van der Waals surface area contributed by atoms with Crippen molar-refractivity contribution in [3.63, 3.8) is 0 Å². The van der Waals surface area contributed by atoms with E-state index in [9.17, 15) is 9.59 Å². The number of hydrogen-bond acceptors (Lipinski definition) is 5. The Bertz CT molecular complexity index is 677. The molecule has 1 aliphatic heterocycles. The number of aromatic nitrogens is 1. The predicted molar refractivity (Wildman–Crippen MR) is 104 cm³/mol. The van der Waals surface area contributed by atoms with E-state index >= 15 is 0 Å². The Morgan fingerprint density at radius 3 is 2.41 bits per heavy atom. The number of ether oxygens (including phenoxy) is 2. The van der Waals surface area contributed by atoms with Crippen LogP contribution in [0, 0.1) is 0 Å². The van der Waals surface area contributed by atoms with Gasteiger partial charge in [-0.3, -0.25) is 5.32 Å². The minimum Gasteiger partial charge on any atom is -0.444 e. The molecule has 0 unspecified atom stereocenters. The van der Waals surface area contributed by atoms with Crippen molar-refractivity contribution in [1.29, 1.82) is 0 Å². The number of hydrogen-bond donors (Lipinski definition) is 1. The fourth-order valence-electron chi connectivity index (χ4n) is 2.95. The Kier molecular flexibility index (Phi) is 6.34. The summed E-state index contributed by atoms with van der Waals surface area (Å²) in [7, 11) is 0.